The van der Waals surface area contributed by atoms with Crippen LogP contribution in [0.3, 0.4) is 0 Å². The van der Waals surface area contributed by atoms with E-state index in [1.807, 2.05) is 0 Å². The van der Waals surface area contributed by atoms with Crippen molar-refractivity contribution in [2.24, 2.45) is 0 Å². The predicted octanol–water partition coefficient (Wildman–Crippen LogP) is 4.54. The fourth-order valence-corrected chi connectivity index (χ4v) is 2.02. The highest BCUT2D eigenvalue weighted by Crippen LogP contribution is 2.35. The van der Waals surface area contributed by atoms with E-state index < -0.39 is 34.7 Å². The maximum Gasteiger partial charge on any atom is 0.365 e. The van der Waals surface area contributed by atoms with Crippen molar-refractivity contribution in [3.05, 3.63) is 33.4 Å². The minimum absolute atomic E-state index is 0.0534. The van der Waals surface area contributed by atoms with Crippen LogP contribution in [0.5, 0.6) is 0 Å². The fourth-order valence-electron chi connectivity index (χ4n) is 1.37. The summed E-state index contributed by atoms with van der Waals surface area (Å²) in [6.45, 7) is 0. The lowest BCUT2D eigenvalue weighted by Gasteiger charge is -2.14. The molecule has 0 radical (unpaired) electrons. The van der Waals surface area contributed by atoms with Crippen LogP contribution in [0, 0.1) is 5.82 Å². The number of aromatic nitrogens is 2. The second-order valence-electron chi connectivity index (χ2n) is 3.55. The Bertz CT molecular complexity index is 649. The Labute approximate surface area is 116 Å². The van der Waals surface area contributed by atoms with Crippen LogP contribution in [0.2, 0.25) is 5.15 Å². The maximum atomic E-state index is 13.6. The summed E-state index contributed by atoms with van der Waals surface area (Å²) in [7, 11) is 0. The van der Waals surface area contributed by atoms with Crippen molar-refractivity contribution in [1.29, 1.82) is 0 Å². The molecule has 0 bridgehead atoms. The number of rotatable bonds is 2. The van der Waals surface area contributed by atoms with E-state index >= 15 is 0 Å². The highest BCUT2D eigenvalue weighted by atomic mass is 79.9. The molecule has 102 valence electrons. The van der Waals surface area contributed by atoms with Gasteiger partial charge in [-0.2, -0.15) is 8.78 Å². The summed E-state index contributed by atoms with van der Waals surface area (Å²) in [5.74, 6) is -7.08. The summed E-state index contributed by atoms with van der Waals surface area (Å²) in [6.07, 6.45) is -4.01. The first kappa shape index (κ1) is 14.4. The molecular formula is C10H3BrClF5N2. The second kappa shape index (κ2) is 4.82. The lowest BCUT2D eigenvalue weighted by atomic mass is 10.2. The van der Waals surface area contributed by atoms with E-state index in [1.54, 1.807) is 0 Å². The van der Waals surface area contributed by atoms with Crippen LogP contribution >= 0.6 is 27.5 Å². The van der Waals surface area contributed by atoms with Gasteiger partial charge in [0.25, 0.3) is 0 Å². The molecule has 0 amide bonds. The summed E-state index contributed by atoms with van der Waals surface area (Å²) >= 11 is 8.58. The van der Waals surface area contributed by atoms with Crippen LogP contribution in [0.15, 0.2) is 16.6 Å². The van der Waals surface area contributed by atoms with Gasteiger partial charge in [-0.3, -0.25) is 0 Å². The van der Waals surface area contributed by atoms with Crippen LogP contribution in [-0.2, 0) is 5.92 Å². The Kier molecular flexibility index (Phi) is 3.65. The van der Waals surface area contributed by atoms with E-state index in [9.17, 15) is 22.0 Å². The standard InChI is InChI=1S/C10H3BrClF5N2/c11-3-1-4-6(5(13)2-3)18-9(19-7(4)12)10(16,17)8(14)15/h1-2,8H. The van der Waals surface area contributed by atoms with Crippen molar-refractivity contribution >= 4 is 38.4 Å². The summed E-state index contributed by atoms with van der Waals surface area (Å²) in [5.41, 5.74) is -0.543. The molecule has 1 heterocycles. The molecule has 1 aromatic heterocycles. The molecule has 9 heteroatoms. The van der Waals surface area contributed by atoms with E-state index in [0.29, 0.717) is 0 Å². The SMILES string of the molecule is Fc1cc(Br)cc2c(Cl)nc(C(F)(F)C(F)F)nc12. The zero-order valence-corrected chi connectivity index (χ0v) is 11.1. The summed E-state index contributed by atoms with van der Waals surface area (Å²) in [5, 5.41) is -0.581. The second-order valence-corrected chi connectivity index (χ2v) is 4.82. The summed E-state index contributed by atoms with van der Waals surface area (Å²) < 4.78 is 64.6. The Morgan fingerprint density at radius 3 is 2.42 bits per heavy atom. The Morgan fingerprint density at radius 2 is 1.84 bits per heavy atom. The van der Waals surface area contributed by atoms with Crippen molar-refractivity contribution in [1.82, 2.24) is 9.97 Å². The molecule has 0 fully saturated rings. The first-order valence-electron chi connectivity index (χ1n) is 4.72. The Hall–Kier alpha value is -1.02. The zero-order valence-electron chi connectivity index (χ0n) is 8.77. The molecule has 0 saturated carbocycles. The molecule has 0 N–H and O–H groups in total. The first-order chi connectivity index (χ1) is 8.73. The average molecular weight is 361 g/mol. The van der Waals surface area contributed by atoms with E-state index in [-0.39, 0.29) is 9.86 Å². The van der Waals surface area contributed by atoms with Crippen molar-refractivity contribution in [2.75, 3.05) is 0 Å². The van der Waals surface area contributed by atoms with Crippen LogP contribution in [-0.4, -0.2) is 16.4 Å². The van der Waals surface area contributed by atoms with Gasteiger partial charge >= 0.3 is 12.3 Å². The third-order valence-corrected chi connectivity index (χ3v) is 2.99. The van der Waals surface area contributed by atoms with E-state index in [4.69, 9.17) is 11.6 Å². The number of halogens is 7. The zero-order chi connectivity index (χ0) is 14.4. The quantitative estimate of drug-likeness (QED) is 0.580. The van der Waals surface area contributed by atoms with Gasteiger partial charge in [-0.1, -0.05) is 27.5 Å². The monoisotopic (exact) mass is 360 g/mol. The van der Waals surface area contributed by atoms with Crippen LogP contribution in [0.25, 0.3) is 10.9 Å². The largest absolute Gasteiger partial charge is 0.365 e. The van der Waals surface area contributed by atoms with Gasteiger partial charge in [0.2, 0.25) is 5.82 Å². The predicted molar refractivity (Wildman–Crippen MR) is 62.1 cm³/mol. The number of hydrogen-bond donors (Lipinski definition) is 0. The van der Waals surface area contributed by atoms with Crippen LogP contribution in [0.1, 0.15) is 5.82 Å². The lowest BCUT2D eigenvalue weighted by molar-refractivity contribution is -0.140. The molecule has 0 aliphatic heterocycles. The van der Waals surface area contributed by atoms with Crippen molar-refractivity contribution in [3.63, 3.8) is 0 Å². The highest BCUT2D eigenvalue weighted by Gasteiger charge is 2.46. The molecule has 1 aromatic carbocycles. The number of nitrogens with zero attached hydrogens (tertiary/aromatic N) is 2. The van der Waals surface area contributed by atoms with Gasteiger partial charge in [0.15, 0.2) is 5.82 Å². The molecule has 0 saturated heterocycles. The number of fused-ring (bicyclic) bond motifs is 1. The van der Waals surface area contributed by atoms with Gasteiger partial charge in [0.1, 0.15) is 10.7 Å². The maximum absolute atomic E-state index is 13.6. The fraction of sp³-hybridized carbons (Fsp3) is 0.200. The van der Waals surface area contributed by atoms with E-state index in [1.165, 1.54) is 6.07 Å². The van der Waals surface area contributed by atoms with Crippen molar-refractivity contribution < 1.29 is 22.0 Å². The molecule has 0 aliphatic carbocycles. The van der Waals surface area contributed by atoms with E-state index in [2.05, 4.69) is 25.9 Å². The number of alkyl halides is 4. The van der Waals surface area contributed by atoms with E-state index in [0.717, 1.165) is 6.07 Å². The summed E-state index contributed by atoms with van der Waals surface area (Å²) in [4.78, 5) is 6.26. The van der Waals surface area contributed by atoms with Gasteiger partial charge < -0.3 is 0 Å². The molecule has 2 nitrogen and oxygen atoms in total. The molecule has 0 unspecified atom stereocenters. The molecular weight excluding hydrogens is 358 g/mol. The lowest BCUT2D eigenvalue weighted by Crippen LogP contribution is -2.26. The van der Waals surface area contributed by atoms with Gasteiger partial charge in [0, 0.05) is 9.86 Å². The number of benzene rings is 1. The Morgan fingerprint density at radius 1 is 1.21 bits per heavy atom. The Balaban J connectivity index is 2.76. The molecule has 0 aliphatic rings. The van der Waals surface area contributed by atoms with Gasteiger partial charge in [-0.25, -0.2) is 23.1 Å². The van der Waals surface area contributed by atoms with Gasteiger partial charge in [-0.15, -0.1) is 0 Å². The van der Waals surface area contributed by atoms with Crippen LogP contribution < -0.4 is 0 Å². The van der Waals surface area contributed by atoms with Gasteiger partial charge in [0.05, 0.1) is 0 Å². The molecule has 0 spiro atoms. The highest BCUT2D eigenvalue weighted by molar-refractivity contribution is 9.10. The average Bonchev–Trinajstić information content (AvgIpc) is 2.29. The smallest absolute Gasteiger partial charge is 0.224 e. The third kappa shape index (κ3) is 2.51. The molecule has 19 heavy (non-hydrogen) atoms. The number of hydrogen-bond acceptors (Lipinski definition) is 2. The van der Waals surface area contributed by atoms with Crippen LogP contribution in [0.4, 0.5) is 22.0 Å². The minimum atomic E-state index is -4.60. The topological polar surface area (TPSA) is 25.8 Å². The normalized spacial score (nSPS) is 12.4. The molecule has 0 atom stereocenters. The van der Waals surface area contributed by atoms with Crippen molar-refractivity contribution in [2.45, 2.75) is 12.3 Å². The molecule has 2 rings (SSSR count). The van der Waals surface area contributed by atoms with Crippen molar-refractivity contribution in [3.8, 4) is 0 Å². The third-order valence-electron chi connectivity index (χ3n) is 2.24. The molecule has 2 aromatic rings. The minimum Gasteiger partial charge on any atom is -0.224 e. The van der Waals surface area contributed by atoms with Gasteiger partial charge in [-0.05, 0) is 12.1 Å². The first-order valence-corrected chi connectivity index (χ1v) is 5.89. The summed E-state index contributed by atoms with van der Waals surface area (Å²) in [6, 6.07) is 2.25.